The molecule has 4 aromatic rings. The van der Waals surface area contributed by atoms with E-state index in [0.29, 0.717) is 5.75 Å². The minimum atomic E-state index is -4.65. The van der Waals surface area contributed by atoms with Gasteiger partial charge < -0.3 is 14.0 Å². The third kappa shape index (κ3) is 6.70. The Morgan fingerprint density at radius 1 is 1.07 bits per heavy atom. The van der Waals surface area contributed by atoms with Crippen molar-refractivity contribution >= 4 is 49.4 Å². The fraction of sp³-hybridized carbons (Fsp3) is 0.172. The van der Waals surface area contributed by atoms with Crippen LogP contribution < -0.4 is 19.2 Å². The van der Waals surface area contributed by atoms with Crippen LogP contribution in [0.4, 0.5) is 11.4 Å². The van der Waals surface area contributed by atoms with Gasteiger partial charge in [0.05, 0.1) is 31.0 Å². The van der Waals surface area contributed by atoms with Gasteiger partial charge in [0.15, 0.2) is 4.90 Å². The third-order valence-electron chi connectivity index (χ3n) is 6.50. The summed E-state index contributed by atoms with van der Waals surface area (Å²) in [5, 5.41) is 15.7. The topological polar surface area (TPSA) is 145 Å². The monoisotopic (exact) mass is 669 g/mol. The number of hydrogen-bond acceptors (Lipinski definition) is 8. The number of nitrogens with zero attached hydrogens (tertiary/aromatic N) is 4. The number of benzene rings is 3. The van der Waals surface area contributed by atoms with E-state index >= 15 is 0 Å². The van der Waals surface area contributed by atoms with Gasteiger partial charge in [-0.15, -0.1) is 0 Å². The van der Waals surface area contributed by atoms with Crippen LogP contribution in [0.5, 0.6) is 11.5 Å². The molecule has 1 heterocycles. The summed E-state index contributed by atoms with van der Waals surface area (Å²) in [5.41, 5.74) is 5.19. The second-order valence-corrected chi connectivity index (χ2v) is 12.0. The quantitative estimate of drug-likeness (QED) is 0.132. The van der Waals surface area contributed by atoms with E-state index in [9.17, 15) is 23.3 Å². The maximum absolute atomic E-state index is 13.9. The Balaban J connectivity index is 1.66. The molecular weight excluding hydrogens is 642 g/mol. The third-order valence-corrected chi connectivity index (χ3v) is 8.80. The summed E-state index contributed by atoms with van der Waals surface area (Å²) in [4.78, 5) is 23.4. The van der Waals surface area contributed by atoms with E-state index in [1.807, 2.05) is 48.7 Å². The molecule has 0 spiro atoms. The van der Waals surface area contributed by atoms with E-state index in [0.717, 1.165) is 43.5 Å². The zero-order chi connectivity index (χ0) is 31.3. The van der Waals surface area contributed by atoms with Crippen LogP contribution in [-0.4, -0.2) is 50.8 Å². The summed E-state index contributed by atoms with van der Waals surface area (Å²) in [7, 11) is -1.90. The largest absolute Gasteiger partial charge is 0.497 e. The first-order valence-corrected chi connectivity index (χ1v) is 15.0. The number of anilines is 1. The molecule has 0 atom stereocenters. The number of halogens is 1. The van der Waals surface area contributed by atoms with Crippen LogP contribution in [-0.2, 0) is 14.8 Å². The van der Waals surface area contributed by atoms with E-state index < -0.39 is 38.0 Å². The molecule has 0 fully saturated rings. The maximum Gasteiger partial charge on any atom is 0.289 e. The lowest BCUT2D eigenvalue weighted by atomic mass is 10.2. The highest BCUT2D eigenvalue weighted by molar-refractivity contribution is 9.10. The van der Waals surface area contributed by atoms with Crippen LogP contribution in [0.3, 0.4) is 0 Å². The number of aryl methyl sites for hydroxylation is 1. The van der Waals surface area contributed by atoms with E-state index in [-0.39, 0.29) is 11.4 Å². The number of ether oxygens (including phenoxy) is 2. The van der Waals surface area contributed by atoms with Gasteiger partial charge >= 0.3 is 0 Å². The van der Waals surface area contributed by atoms with Crippen molar-refractivity contribution in [1.82, 2.24) is 9.99 Å². The Kier molecular flexibility index (Phi) is 9.51. The molecule has 4 rings (SSSR count). The summed E-state index contributed by atoms with van der Waals surface area (Å²) in [6, 6.07) is 18.9. The highest BCUT2D eigenvalue weighted by Crippen LogP contribution is 2.37. The number of carbonyl (C=O) groups excluding carboxylic acids is 1. The van der Waals surface area contributed by atoms with Crippen LogP contribution in [0.2, 0.25) is 0 Å². The molecule has 3 aromatic carbocycles. The Labute approximate surface area is 256 Å². The number of rotatable bonds is 11. The fourth-order valence-electron chi connectivity index (χ4n) is 4.51. The van der Waals surface area contributed by atoms with Crippen molar-refractivity contribution in [2.75, 3.05) is 25.1 Å². The molecule has 0 aliphatic heterocycles. The molecule has 0 radical (unpaired) electrons. The van der Waals surface area contributed by atoms with Crippen molar-refractivity contribution in [2.45, 2.75) is 18.7 Å². The van der Waals surface area contributed by atoms with Gasteiger partial charge in [-0.2, -0.15) is 5.10 Å². The van der Waals surface area contributed by atoms with Crippen molar-refractivity contribution < 1.29 is 27.6 Å². The van der Waals surface area contributed by atoms with Gasteiger partial charge in [0.25, 0.3) is 21.6 Å². The Morgan fingerprint density at radius 2 is 1.81 bits per heavy atom. The fourth-order valence-corrected chi connectivity index (χ4v) is 6.48. The van der Waals surface area contributed by atoms with E-state index in [1.54, 1.807) is 0 Å². The molecule has 0 saturated heterocycles. The lowest BCUT2D eigenvalue weighted by Crippen LogP contribution is -2.40. The first kappa shape index (κ1) is 31.3. The first-order valence-electron chi connectivity index (χ1n) is 12.7. The minimum absolute atomic E-state index is 0.0295. The molecular formula is C29H28BrN5O7S. The van der Waals surface area contributed by atoms with Crippen molar-refractivity contribution in [3.8, 4) is 17.2 Å². The summed E-state index contributed by atoms with van der Waals surface area (Å²) >= 11 is 3.48. The molecule has 0 saturated carbocycles. The summed E-state index contributed by atoms with van der Waals surface area (Å²) < 4.78 is 42.0. The molecule has 14 heteroatoms. The lowest BCUT2D eigenvalue weighted by Gasteiger charge is -2.25. The predicted octanol–water partition coefficient (Wildman–Crippen LogP) is 5.13. The number of nitro groups is 1. The smallest absolute Gasteiger partial charge is 0.289 e. The van der Waals surface area contributed by atoms with Crippen LogP contribution in [0.25, 0.3) is 5.69 Å². The number of aromatic nitrogens is 1. The lowest BCUT2D eigenvalue weighted by molar-refractivity contribution is -0.387. The zero-order valence-electron chi connectivity index (χ0n) is 23.6. The van der Waals surface area contributed by atoms with Gasteiger partial charge in [-0.25, -0.2) is 13.8 Å². The van der Waals surface area contributed by atoms with Gasteiger partial charge in [-0.05, 0) is 56.3 Å². The highest BCUT2D eigenvalue weighted by atomic mass is 79.9. The van der Waals surface area contributed by atoms with Gasteiger partial charge in [0.2, 0.25) is 0 Å². The zero-order valence-corrected chi connectivity index (χ0v) is 26.0. The van der Waals surface area contributed by atoms with Crippen molar-refractivity contribution in [2.24, 2.45) is 5.10 Å². The van der Waals surface area contributed by atoms with E-state index in [4.69, 9.17) is 9.47 Å². The number of hydrogen-bond donors (Lipinski definition) is 1. The second kappa shape index (κ2) is 13.1. The molecule has 0 unspecified atom stereocenters. The van der Waals surface area contributed by atoms with Gasteiger partial charge in [0, 0.05) is 39.2 Å². The summed E-state index contributed by atoms with van der Waals surface area (Å²) in [6.45, 7) is 3.09. The van der Waals surface area contributed by atoms with E-state index in [1.165, 1.54) is 50.8 Å². The Bertz CT molecular complexity index is 1820. The number of nitro benzene ring substituents is 1. The molecule has 224 valence electrons. The molecule has 0 aliphatic carbocycles. The number of hydrazone groups is 1. The molecule has 1 aromatic heterocycles. The van der Waals surface area contributed by atoms with Crippen LogP contribution in [0.1, 0.15) is 17.0 Å². The molecule has 1 amide bonds. The number of para-hydroxylation sites is 1. The SMILES string of the molecule is COc1ccc(N(CC(=O)N/N=C\c2cc(C)n(-c3cccc(Br)c3)c2C)S(=O)(=O)c2ccccc2[N+](=O)[O-])c(OC)c1. The highest BCUT2D eigenvalue weighted by Gasteiger charge is 2.34. The van der Waals surface area contributed by atoms with Crippen molar-refractivity contribution in [1.29, 1.82) is 0 Å². The molecule has 12 nitrogen and oxygen atoms in total. The van der Waals surface area contributed by atoms with Crippen LogP contribution in [0, 0.1) is 24.0 Å². The van der Waals surface area contributed by atoms with Gasteiger partial charge in [-0.3, -0.25) is 19.2 Å². The van der Waals surface area contributed by atoms with Crippen LogP contribution >= 0.6 is 15.9 Å². The molecule has 43 heavy (non-hydrogen) atoms. The normalized spacial score (nSPS) is 11.4. The summed E-state index contributed by atoms with van der Waals surface area (Å²) in [6.07, 6.45) is 1.46. The second-order valence-electron chi connectivity index (χ2n) is 9.21. The molecule has 1 N–H and O–H groups in total. The maximum atomic E-state index is 13.9. The number of carbonyl (C=O) groups is 1. The van der Waals surface area contributed by atoms with Gasteiger partial charge in [-0.1, -0.05) is 34.1 Å². The molecule has 0 aliphatic rings. The number of amides is 1. The average molecular weight is 671 g/mol. The first-order chi connectivity index (χ1) is 20.5. The number of methoxy groups -OCH3 is 2. The van der Waals surface area contributed by atoms with Gasteiger partial charge in [0.1, 0.15) is 18.0 Å². The standard InChI is InChI=1S/C29H28BrN5O7S/c1-19-14-21(20(2)34(19)23-9-7-8-22(30)15-23)17-31-32-29(36)18-33(25-13-12-24(41-3)16-27(25)42-4)43(39,40)28-11-6-5-10-26(28)35(37)38/h5-17H,18H2,1-4H3,(H,32,36)/b31-17-. The predicted molar refractivity (Wildman–Crippen MR) is 166 cm³/mol. The Hall–Kier alpha value is -4.69. The Morgan fingerprint density at radius 3 is 2.49 bits per heavy atom. The number of sulfonamides is 1. The minimum Gasteiger partial charge on any atom is -0.497 e. The molecule has 0 bridgehead atoms. The number of nitrogens with one attached hydrogen (secondary N) is 1. The average Bonchev–Trinajstić information content (AvgIpc) is 3.27. The van der Waals surface area contributed by atoms with Crippen molar-refractivity contribution in [3.63, 3.8) is 0 Å². The summed E-state index contributed by atoms with van der Waals surface area (Å²) in [5.74, 6) is -0.354. The van der Waals surface area contributed by atoms with E-state index in [2.05, 4.69) is 26.5 Å². The van der Waals surface area contributed by atoms with Crippen LogP contribution in [0.15, 0.2) is 87.3 Å². The van der Waals surface area contributed by atoms with Crippen molar-refractivity contribution in [3.05, 3.63) is 104 Å².